The van der Waals surface area contributed by atoms with Crippen molar-refractivity contribution < 1.29 is 8.42 Å². The standard InChI is InChI=1S/C12H14ClN3O2S.ClH/c13-10-5-8(6-14)1-4-12(10)19(17,18)16-7-11(15)9-2-3-9;/h1,4-5,9,11,16H,2-3,7,15H2;1H. The lowest BCUT2D eigenvalue weighted by atomic mass is 10.2. The molecule has 1 atom stereocenters. The third-order valence-electron chi connectivity index (χ3n) is 3.09. The molecule has 0 bridgehead atoms. The summed E-state index contributed by atoms with van der Waals surface area (Å²) < 4.78 is 26.6. The van der Waals surface area contributed by atoms with Gasteiger partial charge < -0.3 is 5.73 Å². The van der Waals surface area contributed by atoms with E-state index < -0.39 is 10.0 Å². The quantitative estimate of drug-likeness (QED) is 0.854. The van der Waals surface area contributed by atoms with Gasteiger partial charge in [-0.15, -0.1) is 12.4 Å². The van der Waals surface area contributed by atoms with E-state index in [9.17, 15) is 8.42 Å². The Labute approximate surface area is 129 Å². The summed E-state index contributed by atoms with van der Waals surface area (Å²) >= 11 is 5.88. The molecule has 1 saturated carbocycles. The lowest BCUT2D eigenvalue weighted by Gasteiger charge is -2.12. The lowest BCUT2D eigenvalue weighted by Crippen LogP contribution is -2.38. The zero-order valence-corrected chi connectivity index (χ0v) is 12.9. The second kappa shape index (κ2) is 6.74. The summed E-state index contributed by atoms with van der Waals surface area (Å²) in [5.41, 5.74) is 6.16. The van der Waals surface area contributed by atoms with Crippen LogP contribution < -0.4 is 10.5 Å². The van der Waals surface area contributed by atoms with Crippen molar-refractivity contribution >= 4 is 34.0 Å². The maximum atomic E-state index is 12.1. The third-order valence-corrected chi connectivity index (χ3v) is 4.99. The van der Waals surface area contributed by atoms with Crippen LogP contribution in [0.4, 0.5) is 0 Å². The highest BCUT2D eigenvalue weighted by atomic mass is 35.5. The first-order valence-electron chi connectivity index (χ1n) is 5.89. The van der Waals surface area contributed by atoms with Crippen LogP contribution in [0.1, 0.15) is 18.4 Å². The monoisotopic (exact) mass is 335 g/mol. The normalized spacial score (nSPS) is 16.1. The van der Waals surface area contributed by atoms with E-state index in [1.165, 1.54) is 18.2 Å². The van der Waals surface area contributed by atoms with E-state index in [2.05, 4.69) is 4.72 Å². The highest BCUT2D eigenvalue weighted by Crippen LogP contribution is 2.31. The number of nitrogens with zero attached hydrogens (tertiary/aromatic N) is 1. The van der Waals surface area contributed by atoms with Gasteiger partial charge in [-0.25, -0.2) is 13.1 Å². The average molecular weight is 336 g/mol. The topological polar surface area (TPSA) is 96.0 Å². The fourth-order valence-electron chi connectivity index (χ4n) is 1.76. The Morgan fingerprint density at radius 2 is 2.15 bits per heavy atom. The smallest absolute Gasteiger partial charge is 0.242 e. The first kappa shape index (κ1) is 17.2. The van der Waals surface area contributed by atoms with Crippen molar-refractivity contribution in [2.24, 2.45) is 11.7 Å². The Kier molecular flexibility index (Phi) is 5.80. The number of hydrogen-bond acceptors (Lipinski definition) is 4. The third kappa shape index (κ3) is 4.08. The SMILES string of the molecule is Cl.N#Cc1ccc(S(=O)(=O)NCC(N)C2CC2)c(Cl)c1. The minimum absolute atomic E-state index is 0. The first-order chi connectivity index (χ1) is 8.94. The van der Waals surface area contributed by atoms with Crippen LogP contribution in [0.15, 0.2) is 23.1 Å². The molecule has 1 fully saturated rings. The molecule has 0 saturated heterocycles. The number of benzene rings is 1. The van der Waals surface area contributed by atoms with Gasteiger partial charge in [0.15, 0.2) is 0 Å². The van der Waals surface area contributed by atoms with Crippen molar-refractivity contribution in [1.82, 2.24) is 4.72 Å². The Balaban J connectivity index is 0.00000200. The molecule has 20 heavy (non-hydrogen) atoms. The number of hydrogen-bond donors (Lipinski definition) is 2. The van der Waals surface area contributed by atoms with Crippen molar-refractivity contribution in [3.05, 3.63) is 28.8 Å². The summed E-state index contributed by atoms with van der Waals surface area (Å²) in [5, 5.41) is 8.74. The van der Waals surface area contributed by atoms with E-state index in [1.54, 1.807) is 0 Å². The number of nitriles is 1. The largest absolute Gasteiger partial charge is 0.326 e. The molecule has 5 nitrogen and oxygen atoms in total. The minimum atomic E-state index is -3.69. The molecular weight excluding hydrogens is 321 g/mol. The van der Waals surface area contributed by atoms with Gasteiger partial charge in [-0.3, -0.25) is 0 Å². The molecule has 0 amide bonds. The van der Waals surface area contributed by atoms with Crippen LogP contribution in [0, 0.1) is 17.2 Å². The van der Waals surface area contributed by atoms with Gasteiger partial charge >= 0.3 is 0 Å². The molecule has 1 unspecified atom stereocenters. The molecule has 1 aliphatic rings. The van der Waals surface area contributed by atoms with Crippen molar-refractivity contribution in [3.8, 4) is 6.07 Å². The molecular formula is C12H15Cl2N3O2S. The highest BCUT2D eigenvalue weighted by Gasteiger charge is 2.29. The van der Waals surface area contributed by atoms with Crippen molar-refractivity contribution in [3.63, 3.8) is 0 Å². The summed E-state index contributed by atoms with van der Waals surface area (Å²) in [6.07, 6.45) is 2.11. The summed E-state index contributed by atoms with van der Waals surface area (Å²) in [4.78, 5) is -0.0313. The van der Waals surface area contributed by atoms with E-state index in [4.69, 9.17) is 22.6 Å². The van der Waals surface area contributed by atoms with Gasteiger partial charge in [0, 0.05) is 12.6 Å². The second-order valence-corrected chi connectivity index (χ2v) is 6.75. The van der Waals surface area contributed by atoms with Crippen LogP contribution in [-0.4, -0.2) is 21.0 Å². The molecule has 0 radical (unpaired) electrons. The van der Waals surface area contributed by atoms with E-state index in [0.717, 1.165) is 12.8 Å². The number of sulfonamides is 1. The highest BCUT2D eigenvalue weighted by molar-refractivity contribution is 7.89. The number of nitrogens with one attached hydrogen (secondary N) is 1. The van der Waals surface area contributed by atoms with Crippen molar-refractivity contribution in [2.45, 2.75) is 23.8 Å². The molecule has 0 aromatic heterocycles. The van der Waals surface area contributed by atoms with E-state index >= 15 is 0 Å². The van der Waals surface area contributed by atoms with Crippen LogP contribution in [0.2, 0.25) is 5.02 Å². The number of nitrogens with two attached hydrogens (primary N) is 1. The molecule has 3 N–H and O–H groups in total. The Hall–Kier alpha value is -0.840. The van der Waals surface area contributed by atoms with Gasteiger partial charge in [0.1, 0.15) is 4.90 Å². The molecule has 0 aliphatic heterocycles. The number of rotatable bonds is 5. The summed E-state index contributed by atoms with van der Waals surface area (Å²) in [7, 11) is -3.69. The fraction of sp³-hybridized carbons (Fsp3) is 0.417. The summed E-state index contributed by atoms with van der Waals surface area (Å²) in [5.74, 6) is 0.416. The zero-order chi connectivity index (χ0) is 14.0. The van der Waals surface area contributed by atoms with Crippen LogP contribution in [0.5, 0.6) is 0 Å². The van der Waals surface area contributed by atoms with Crippen LogP contribution >= 0.6 is 24.0 Å². The van der Waals surface area contributed by atoms with E-state index in [-0.39, 0.29) is 34.9 Å². The molecule has 0 heterocycles. The average Bonchev–Trinajstić information content (AvgIpc) is 3.19. The van der Waals surface area contributed by atoms with Crippen molar-refractivity contribution in [1.29, 1.82) is 5.26 Å². The Bertz CT molecular complexity index is 624. The van der Waals surface area contributed by atoms with Gasteiger partial charge in [0.05, 0.1) is 16.7 Å². The zero-order valence-electron chi connectivity index (χ0n) is 10.5. The van der Waals surface area contributed by atoms with Crippen molar-refractivity contribution in [2.75, 3.05) is 6.54 Å². The molecule has 0 spiro atoms. The van der Waals surface area contributed by atoms with Gasteiger partial charge in [-0.2, -0.15) is 5.26 Å². The van der Waals surface area contributed by atoms with E-state index in [1.807, 2.05) is 6.07 Å². The molecule has 2 rings (SSSR count). The fourth-order valence-corrected chi connectivity index (χ4v) is 3.38. The molecule has 110 valence electrons. The Morgan fingerprint density at radius 1 is 1.50 bits per heavy atom. The molecule has 1 aromatic carbocycles. The van der Waals surface area contributed by atoms with Crippen LogP contribution in [0.3, 0.4) is 0 Å². The molecule has 8 heteroatoms. The molecule has 1 aliphatic carbocycles. The van der Waals surface area contributed by atoms with Gasteiger partial charge in [0.25, 0.3) is 0 Å². The maximum absolute atomic E-state index is 12.1. The van der Waals surface area contributed by atoms with Crippen LogP contribution in [0.25, 0.3) is 0 Å². The minimum Gasteiger partial charge on any atom is -0.326 e. The predicted octanol–water partition coefficient (Wildman–Crippen LogP) is 1.65. The number of halogens is 2. The lowest BCUT2D eigenvalue weighted by molar-refractivity contribution is 0.548. The van der Waals surface area contributed by atoms with Gasteiger partial charge in [0.2, 0.25) is 10.0 Å². The summed E-state index contributed by atoms with van der Waals surface area (Å²) in [6, 6.07) is 5.81. The Morgan fingerprint density at radius 3 is 2.65 bits per heavy atom. The van der Waals surface area contributed by atoms with Gasteiger partial charge in [-0.1, -0.05) is 11.6 Å². The van der Waals surface area contributed by atoms with Gasteiger partial charge in [-0.05, 0) is 37.0 Å². The maximum Gasteiger partial charge on any atom is 0.242 e. The second-order valence-electron chi connectivity index (χ2n) is 4.61. The van der Waals surface area contributed by atoms with Crippen LogP contribution in [-0.2, 0) is 10.0 Å². The van der Waals surface area contributed by atoms with E-state index in [0.29, 0.717) is 11.5 Å². The predicted molar refractivity (Wildman–Crippen MR) is 79.3 cm³/mol. The summed E-state index contributed by atoms with van der Waals surface area (Å²) in [6.45, 7) is 0.198. The molecule has 1 aromatic rings. The first-order valence-corrected chi connectivity index (χ1v) is 7.75.